The van der Waals surface area contributed by atoms with Crippen LogP contribution in [0.2, 0.25) is 0 Å². The van der Waals surface area contributed by atoms with Crippen molar-refractivity contribution in [3.8, 4) is 28.0 Å². The quantitative estimate of drug-likeness (QED) is 0.248. The molecule has 192 valence electrons. The van der Waals surface area contributed by atoms with E-state index in [9.17, 15) is 13.5 Å². The zero-order valence-corrected chi connectivity index (χ0v) is 22.0. The van der Waals surface area contributed by atoms with E-state index in [0.29, 0.717) is 12.1 Å². The molecule has 0 spiro atoms. The largest absolute Gasteiger partial charge is 0.508 e. The summed E-state index contributed by atoms with van der Waals surface area (Å²) in [6.07, 6.45) is 0.605. The fourth-order valence-corrected chi connectivity index (χ4v) is 7.55. The topological polar surface area (TPSA) is 70.8 Å². The number of benzene rings is 5. The molecule has 39 heavy (non-hydrogen) atoms. The van der Waals surface area contributed by atoms with Gasteiger partial charge < -0.3 is 9.52 Å². The van der Waals surface area contributed by atoms with Crippen LogP contribution in [0, 0.1) is 0 Å². The Balaban J connectivity index is 1.46. The fourth-order valence-electron chi connectivity index (χ4n) is 5.83. The lowest BCUT2D eigenvalue weighted by molar-refractivity contribution is 0.474. The van der Waals surface area contributed by atoms with E-state index in [-0.39, 0.29) is 16.7 Å². The highest BCUT2D eigenvalue weighted by Crippen LogP contribution is 2.50. The summed E-state index contributed by atoms with van der Waals surface area (Å²) in [5.41, 5.74) is 7.02. The number of furan rings is 1. The number of hydrogen-bond donors (Lipinski definition) is 1. The van der Waals surface area contributed by atoms with Gasteiger partial charge in [-0.15, -0.1) is 0 Å². The van der Waals surface area contributed by atoms with E-state index in [4.69, 9.17) is 4.42 Å². The number of phenols is 1. The van der Waals surface area contributed by atoms with Gasteiger partial charge in [-0.3, -0.25) is 4.31 Å². The van der Waals surface area contributed by atoms with E-state index < -0.39 is 10.0 Å². The molecule has 0 bridgehead atoms. The number of phenolic OH excluding ortho intramolecular Hbond substituents is 1. The first-order chi connectivity index (χ1) is 19.0. The highest BCUT2D eigenvalue weighted by atomic mass is 32.2. The number of aromatic hydroxyl groups is 1. The normalized spacial score (nSPS) is 14.9. The van der Waals surface area contributed by atoms with Crippen LogP contribution in [0.1, 0.15) is 24.9 Å². The average Bonchev–Trinajstić information content (AvgIpc) is 3.35. The lowest BCUT2D eigenvalue weighted by Gasteiger charge is -2.39. The minimum atomic E-state index is -3.92. The summed E-state index contributed by atoms with van der Waals surface area (Å²) in [5, 5.41) is 11.9. The smallest absolute Gasteiger partial charge is 0.264 e. The molecular formula is C33H25NO4S. The Hall–Kier alpha value is -4.55. The van der Waals surface area contributed by atoms with E-state index in [2.05, 4.69) is 24.3 Å². The first kappa shape index (κ1) is 23.6. The molecule has 2 heterocycles. The maximum atomic E-state index is 14.1. The second-order valence-electron chi connectivity index (χ2n) is 9.82. The van der Waals surface area contributed by atoms with Crippen LogP contribution >= 0.6 is 0 Å². The van der Waals surface area contributed by atoms with Gasteiger partial charge in [0.15, 0.2) is 0 Å². The molecule has 0 amide bonds. The standard InChI is InChI=1S/C33H25NO4S/c1-2-30-26-9-4-3-8-25(26)29-20-21(24-11-7-12-28-27-10-5-6-13-32(27)38-33(24)28)14-19-31(29)34(30)39(36,37)23-17-15-22(35)16-18-23/h3-20,30,35H,2H2,1H3. The van der Waals surface area contributed by atoms with Crippen molar-refractivity contribution in [2.45, 2.75) is 24.3 Å². The molecule has 1 aliphatic heterocycles. The van der Waals surface area contributed by atoms with Gasteiger partial charge in [-0.05, 0) is 65.6 Å². The average molecular weight is 532 g/mol. The summed E-state index contributed by atoms with van der Waals surface area (Å²) >= 11 is 0. The number of para-hydroxylation sites is 2. The van der Waals surface area contributed by atoms with Crippen LogP contribution in [0.25, 0.3) is 44.2 Å². The minimum absolute atomic E-state index is 0.0230. The minimum Gasteiger partial charge on any atom is -0.508 e. The van der Waals surface area contributed by atoms with Crippen LogP contribution in [-0.4, -0.2) is 13.5 Å². The third kappa shape index (κ3) is 3.56. The van der Waals surface area contributed by atoms with Gasteiger partial charge >= 0.3 is 0 Å². The van der Waals surface area contributed by atoms with Crippen LogP contribution < -0.4 is 4.31 Å². The molecule has 0 fully saturated rings. The summed E-state index contributed by atoms with van der Waals surface area (Å²) in [4.78, 5) is 0.139. The molecule has 6 aromatic rings. The van der Waals surface area contributed by atoms with Crippen LogP contribution in [0.3, 0.4) is 0 Å². The number of anilines is 1. The summed E-state index contributed by atoms with van der Waals surface area (Å²) in [6, 6.07) is 33.5. The zero-order chi connectivity index (χ0) is 26.7. The van der Waals surface area contributed by atoms with Crippen molar-refractivity contribution in [2.75, 3.05) is 4.31 Å². The molecule has 0 radical (unpaired) electrons. The van der Waals surface area contributed by atoms with Gasteiger partial charge in [0.05, 0.1) is 16.6 Å². The molecular weight excluding hydrogens is 506 g/mol. The molecule has 0 aliphatic carbocycles. The summed E-state index contributed by atoms with van der Waals surface area (Å²) in [6.45, 7) is 2.00. The lowest BCUT2D eigenvalue weighted by atomic mass is 9.87. The first-order valence-electron chi connectivity index (χ1n) is 12.9. The van der Waals surface area contributed by atoms with Crippen LogP contribution in [-0.2, 0) is 10.0 Å². The molecule has 0 saturated carbocycles. The molecule has 1 unspecified atom stereocenters. The molecule has 1 aliphatic rings. The van der Waals surface area contributed by atoms with Gasteiger partial charge in [-0.1, -0.05) is 73.7 Å². The van der Waals surface area contributed by atoms with E-state index in [1.165, 1.54) is 24.3 Å². The maximum Gasteiger partial charge on any atom is 0.264 e. The van der Waals surface area contributed by atoms with E-state index in [0.717, 1.165) is 49.8 Å². The maximum absolute atomic E-state index is 14.1. The number of nitrogens with zero attached hydrogens (tertiary/aromatic N) is 1. The number of rotatable bonds is 4. The number of hydrogen-bond acceptors (Lipinski definition) is 4. The number of sulfonamides is 1. The Morgan fingerprint density at radius 3 is 2.31 bits per heavy atom. The Bertz CT molecular complexity index is 1990. The fraction of sp³-hybridized carbons (Fsp3) is 0.0909. The van der Waals surface area contributed by atoms with Crippen LogP contribution in [0.5, 0.6) is 5.75 Å². The molecule has 1 atom stereocenters. The lowest BCUT2D eigenvalue weighted by Crippen LogP contribution is -2.37. The SMILES string of the molecule is CCC1c2ccccc2-c2cc(-c3cccc4c3oc3ccccc34)ccc2N1S(=O)(=O)c1ccc(O)cc1. The number of fused-ring (bicyclic) bond motifs is 6. The van der Waals surface area contributed by atoms with Crippen LogP contribution in [0.15, 0.2) is 119 Å². The van der Waals surface area contributed by atoms with Gasteiger partial charge in [0.2, 0.25) is 0 Å². The van der Waals surface area contributed by atoms with Gasteiger partial charge in [0.25, 0.3) is 10.0 Å². The second kappa shape index (κ2) is 8.75. The molecule has 7 rings (SSSR count). The molecule has 1 N–H and O–H groups in total. The van der Waals surface area contributed by atoms with E-state index in [1.807, 2.05) is 67.6 Å². The molecule has 1 aromatic heterocycles. The predicted octanol–water partition coefficient (Wildman–Crippen LogP) is 8.29. The Labute approximate surface area is 226 Å². The van der Waals surface area contributed by atoms with Crippen molar-refractivity contribution < 1.29 is 17.9 Å². The molecule has 5 nitrogen and oxygen atoms in total. The third-order valence-corrected chi connectivity index (χ3v) is 9.46. The van der Waals surface area contributed by atoms with Crippen molar-refractivity contribution in [3.05, 3.63) is 115 Å². The Morgan fingerprint density at radius 1 is 0.769 bits per heavy atom. The van der Waals surface area contributed by atoms with Gasteiger partial charge in [-0.25, -0.2) is 8.42 Å². The summed E-state index contributed by atoms with van der Waals surface area (Å²) in [7, 11) is -3.92. The van der Waals surface area contributed by atoms with Gasteiger partial charge in [0.1, 0.15) is 16.9 Å². The molecule has 5 aromatic carbocycles. The Morgan fingerprint density at radius 2 is 1.49 bits per heavy atom. The van der Waals surface area contributed by atoms with Crippen molar-refractivity contribution in [1.82, 2.24) is 0 Å². The third-order valence-electron chi connectivity index (χ3n) is 7.62. The van der Waals surface area contributed by atoms with Crippen LogP contribution in [0.4, 0.5) is 5.69 Å². The zero-order valence-electron chi connectivity index (χ0n) is 21.2. The highest BCUT2D eigenvalue weighted by Gasteiger charge is 2.38. The highest BCUT2D eigenvalue weighted by molar-refractivity contribution is 7.92. The first-order valence-corrected chi connectivity index (χ1v) is 14.4. The summed E-state index contributed by atoms with van der Waals surface area (Å²) < 4.78 is 36.0. The van der Waals surface area contributed by atoms with Gasteiger partial charge in [-0.2, -0.15) is 0 Å². The monoisotopic (exact) mass is 531 g/mol. The van der Waals surface area contributed by atoms with E-state index in [1.54, 1.807) is 4.31 Å². The summed E-state index contributed by atoms with van der Waals surface area (Å²) in [5.74, 6) is 0.0230. The van der Waals surface area contributed by atoms with Crippen molar-refractivity contribution >= 4 is 37.6 Å². The van der Waals surface area contributed by atoms with Crippen molar-refractivity contribution in [3.63, 3.8) is 0 Å². The van der Waals surface area contributed by atoms with Gasteiger partial charge in [0, 0.05) is 21.9 Å². The Kier molecular flexibility index (Phi) is 5.28. The van der Waals surface area contributed by atoms with Crippen molar-refractivity contribution in [1.29, 1.82) is 0 Å². The second-order valence-corrected chi connectivity index (χ2v) is 11.6. The van der Waals surface area contributed by atoms with Crippen molar-refractivity contribution in [2.24, 2.45) is 0 Å². The molecule has 0 saturated heterocycles. The predicted molar refractivity (Wildman–Crippen MR) is 155 cm³/mol. The molecule has 6 heteroatoms. The van der Waals surface area contributed by atoms with E-state index >= 15 is 0 Å².